The number of carboxylic acids is 3. The molecule has 0 aromatic rings. The lowest BCUT2D eigenvalue weighted by Crippen LogP contribution is -2.57. The Morgan fingerprint density at radius 3 is 1.31 bits per heavy atom. The number of halogens is 6. The molecule has 324 valence electrons. The molecule has 3 amide bonds. The summed E-state index contributed by atoms with van der Waals surface area (Å²) >= 11 is 0. The molecule has 3 unspecified atom stereocenters. The van der Waals surface area contributed by atoms with Crippen LogP contribution >= 0.6 is 0 Å². The van der Waals surface area contributed by atoms with Crippen molar-refractivity contribution in [2.24, 2.45) is 17.4 Å². The maximum absolute atomic E-state index is 13.2. The van der Waals surface area contributed by atoms with Gasteiger partial charge in [-0.25, -0.2) is 14.4 Å². The highest BCUT2D eigenvalue weighted by atomic mass is 19.4. The van der Waals surface area contributed by atoms with E-state index >= 15 is 0 Å². The zero-order valence-electron chi connectivity index (χ0n) is 32.2. The van der Waals surface area contributed by atoms with Crippen LogP contribution in [0.3, 0.4) is 0 Å². The lowest BCUT2D eigenvalue weighted by Gasteiger charge is -2.26. The van der Waals surface area contributed by atoms with Crippen LogP contribution in [0, 0.1) is 5.92 Å². The maximum Gasteiger partial charge on any atom is 0.490 e. The minimum absolute atomic E-state index is 0.0802. The van der Waals surface area contributed by atoms with Crippen molar-refractivity contribution in [2.75, 3.05) is 13.1 Å². The number of aliphatic carboxylic acids is 3. The van der Waals surface area contributed by atoms with Crippen LogP contribution in [-0.4, -0.2) is 94.5 Å². The first-order chi connectivity index (χ1) is 25.6. The number of carboxylic acid groups (broad SMARTS) is 3. The predicted octanol–water partition coefficient (Wildman–Crippen LogP) is 5.41. The molecule has 0 aromatic heterocycles. The minimum Gasteiger partial charge on any atom is -0.480 e. The van der Waals surface area contributed by atoms with Crippen LogP contribution < -0.4 is 27.4 Å². The van der Waals surface area contributed by atoms with Gasteiger partial charge in [0.1, 0.15) is 18.1 Å². The summed E-state index contributed by atoms with van der Waals surface area (Å²) < 4.78 is 63.5. The van der Waals surface area contributed by atoms with Crippen LogP contribution in [0.4, 0.5) is 26.3 Å². The van der Waals surface area contributed by atoms with Gasteiger partial charge in [-0.1, -0.05) is 97.8 Å². The molecule has 0 spiro atoms. The number of hydrogen-bond donors (Lipinski definition) is 8. The average Bonchev–Trinajstić information content (AvgIpc) is 3.08. The molecule has 0 aliphatic carbocycles. The molecule has 0 saturated carbocycles. The molecule has 10 N–H and O–H groups in total. The van der Waals surface area contributed by atoms with Gasteiger partial charge in [0, 0.05) is 6.42 Å². The van der Waals surface area contributed by atoms with Crippen LogP contribution in [0.5, 0.6) is 0 Å². The summed E-state index contributed by atoms with van der Waals surface area (Å²) in [6.07, 6.45) is 8.00. The molecule has 0 aromatic carbocycles. The first-order valence-electron chi connectivity index (χ1n) is 18.7. The second-order valence-electron chi connectivity index (χ2n) is 13.2. The SMILES string of the molecule is CCCCCCCCCCCCCCCC(=O)NC(CCCCN)C(=O)NC(C(=O)NC(CCN)C(=O)O)C(C)C.O=C(O)C(F)(F)F.O=C(O)C(F)(F)F. The van der Waals surface area contributed by atoms with E-state index < -0.39 is 60.2 Å². The third-order valence-electron chi connectivity index (χ3n) is 7.91. The first kappa shape index (κ1) is 55.7. The summed E-state index contributed by atoms with van der Waals surface area (Å²) in [7, 11) is 0. The summed E-state index contributed by atoms with van der Waals surface area (Å²) in [5, 5.41) is 31.6. The second kappa shape index (κ2) is 32.6. The molecular weight excluding hydrogens is 748 g/mol. The second-order valence-corrected chi connectivity index (χ2v) is 13.2. The number of carbonyl (C=O) groups is 6. The smallest absolute Gasteiger partial charge is 0.480 e. The quantitative estimate of drug-likeness (QED) is 0.0385. The summed E-state index contributed by atoms with van der Waals surface area (Å²) in [4.78, 5) is 67.9. The Morgan fingerprint density at radius 2 is 0.964 bits per heavy atom. The molecule has 55 heavy (non-hydrogen) atoms. The summed E-state index contributed by atoms with van der Waals surface area (Å²) in [6.45, 7) is 6.35. The number of nitrogens with one attached hydrogen (secondary N) is 3. The normalized spacial score (nSPS) is 12.9. The largest absolute Gasteiger partial charge is 0.490 e. The van der Waals surface area contributed by atoms with Crippen molar-refractivity contribution in [1.82, 2.24) is 16.0 Å². The molecule has 0 saturated heterocycles. The molecule has 0 radical (unpaired) electrons. The number of carbonyl (C=O) groups excluding carboxylic acids is 3. The summed E-state index contributed by atoms with van der Waals surface area (Å²) in [5.41, 5.74) is 11.1. The topological polar surface area (TPSA) is 251 Å². The summed E-state index contributed by atoms with van der Waals surface area (Å²) in [5.74, 6) is -8.22. The van der Waals surface area contributed by atoms with Gasteiger partial charge in [0.2, 0.25) is 17.7 Å². The molecule has 3 atom stereocenters. The van der Waals surface area contributed by atoms with Gasteiger partial charge in [0.05, 0.1) is 0 Å². The monoisotopic (exact) mass is 811 g/mol. The van der Waals surface area contributed by atoms with Crippen LogP contribution in [-0.2, 0) is 28.8 Å². The molecule has 0 aliphatic rings. The van der Waals surface area contributed by atoms with Gasteiger partial charge >= 0.3 is 30.3 Å². The van der Waals surface area contributed by atoms with E-state index in [1.54, 1.807) is 13.8 Å². The third kappa shape index (κ3) is 33.4. The Labute approximate surface area is 319 Å². The van der Waals surface area contributed by atoms with Crippen molar-refractivity contribution in [1.29, 1.82) is 0 Å². The van der Waals surface area contributed by atoms with E-state index in [1.807, 2.05) is 0 Å². The van der Waals surface area contributed by atoms with Crippen molar-refractivity contribution < 1.29 is 70.4 Å². The number of nitrogens with two attached hydrogens (primary N) is 2. The van der Waals surface area contributed by atoms with Crippen LogP contribution in [0.2, 0.25) is 0 Å². The van der Waals surface area contributed by atoms with Crippen molar-refractivity contribution in [2.45, 2.75) is 167 Å². The number of unbranched alkanes of at least 4 members (excludes halogenated alkanes) is 13. The Hall–Kier alpha value is -3.68. The van der Waals surface area contributed by atoms with E-state index in [9.17, 15) is 50.6 Å². The minimum atomic E-state index is -5.08. The fraction of sp³-hybridized carbons (Fsp3) is 0.829. The molecule has 0 heterocycles. The van der Waals surface area contributed by atoms with Gasteiger partial charge in [0.25, 0.3) is 0 Å². The third-order valence-corrected chi connectivity index (χ3v) is 7.91. The lowest BCUT2D eigenvalue weighted by atomic mass is 10.0. The zero-order chi connectivity index (χ0) is 43.0. The van der Waals surface area contributed by atoms with Crippen LogP contribution in [0.25, 0.3) is 0 Å². The Balaban J connectivity index is -0.00000162. The molecule has 14 nitrogen and oxygen atoms in total. The van der Waals surface area contributed by atoms with Gasteiger partial charge in [-0.2, -0.15) is 26.3 Å². The van der Waals surface area contributed by atoms with Crippen molar-refractivity contribution in [3.8, 4) is 0 Å². The Kier molecular flexibility index (Phi) is 32.9. The molecule has 20 heteroatoms. The lowest BCUT2D eigenvalue weighted by molar-refractivity contribution is -0.193. The van der Waals surface area contributed by atoms with E-state index in [0.29, 0.717) is 32.2 Å². The van der Waals surface area contributed by atoms with Gasteiger partial charge in [0.15, 0.2) is 0 Å². The highest BCUT2D eigenvalue weighted by Crippen LogP contribution is 2.15. The number of alkyl halides is 6. The fourth-order valence-corrected chi connectivity index (χ4v) is 4.81. The van der Waals surface area contributed by atoms with E-state index in [-0.39, 0.29) is 24.8 Å². The molecular formula is C35H63F6N5O9. The van der Waals surface area contributed by atoms with Crippen molar-refractivity contribution >= 4 is 35.6 Å². The zero-order valence-corrected chi connectivity index (χ0v) is 32.2. The highest BCUT2D eigenvalue weighted by Gasteiger charge is 2.39. The summed E-state index contributed by atoms with van der Waals surface area (Å²) in [6, 6.07) is -2.87. The van der Waals surface area contributed by atoms with Gasteiger partial charge in [-0.05, 0) is 51.1 Å². The number of rotatable bonds is 27. The van der Waals surface area contributed by atoms with E-state index in [4.69, 9.17) is 31.3 Å². The van der Waals surface area contributed by atoms with Gasteiger partial charge in [-0.3, -0.25) is 14.4 Å². The maximum atomic E-state index is 13.2. The molecule has 0 bridgehead atoms. The van der Waals surface area contributed by atoms with Crippen molar-refractivity contribution in [3.05, 3.63) is 0 Å². The van der Waals surface area contributed by atoms with Gasteiger partial charge in [-0.15, -0.1) is 0 Å². The standard InChI is InChI=1S/C31H61N5O5.2C2HF3O2/c1-4-5-6-7-8-9-10-11-12-13-14-15-16-20-27(37)34-25(19-17-18-22-32)29(38)36-28(24(2)3)30(39)35-26(21-23-33)31(40)41;2*3-2(4,5)1(6)7/h24-26,28H,4-23,32-33H2,1-3H3,(H,34,37)(H,35,39)(H,36,38)(H,40,41);2*(H,6,7). The van der Waals surface area contributed by atoms with E-state index in [1.165, 1.54) is 64.2 Å². The Morgan fingerprint density at radius 1 is 0.545 bits per heavy atom. The molecule has 0 aliphatic heterocycles. The number of amides is 3. The van der Waals surface area contributed by atoms with E-state index in [2.05, 4.69) is 22.9 Å². The van der Waals surface area contributed by atoms with Gasteiger partial charge < -0.3 is 42.7 Å². The molecule has 0 fully saturated rings. The highest BCUT2D eigenvalue weighted by molar-refractivity contribution is 5.93. The number of hydrogen-bond acceptors (Lipinski definition) is 8. The predicted molar refractivity (Wildman–Crippen MR) is 193 cm³/mol. The molecule has 0 rings (SSSR count). The first-order valence-corrected chi connectivity index (χ1v) is 18.7. The van der Waals surface area contributed by atoms with Crippen LogP contribution in [0.1, 0.15) is 136 Å². The van der Waals surface area contributed by atoms with E-state index in [0.717, 1.165) is 19.3 Å². The van der Waals surface area contributed by atoms with Crippen molar-refractivity contribution in [3.63, 3.8) is 0 Å². The fourth-order valence-electron chi connectivity index (χ4n) is 4.81. The Bertz CT molecular complexity index is 1070. The van der Waals surface area contributed by atoms with Crippen LogP contribution in [0.15, 0.2) is 0 Å². The average molecular weight is 812 g/mol.